The van der Waals surface area contributed by atoms with Crippen molar-refractivity contribution in [1.29, 1.82) is 0 Å². The number of anilines is 1. The number of benzene rings is 3. The minimum atomic E-state index is -1.05. The topological polar surface area (TPSA) is 142 Å². The second kappa shape index (κ2) is 11.5. The van der Waals surface area contributed by atoms with E-state index in [0.717, 1.165) is 16.0 Å². The molecule has 13 heteroatoms. The van der Waals surface area contributed by atoms with Crippen molar-refractivity contribution in [2.75, 3.05) is 18.4 Å². The Hall–Kier alpha value is -4.74. The number of rotatable bonds is 8. The lowest BCUT2D eigenvalue weighted by molar-refractivity contribution is -0.136. The number of aromatic nitrogens is 2. The van der Waals surface area contributed by atoms with Crippen molar-refractivity contribution < 1.29 is 24.0 Å². The predicted molar refractivity (Wildman–Crippen MR) is 159 cm³/mol. The van der Waals surface area contributed by atoms with Gasteiger partial charge in [0.15, 0.2) is 5.69 Å². The van der Waals surface area contributed by atoms with Gasteiger partial charge in [-0.1, -0.05) is 53.5 Å². The number of nitrogens with zero attached hydrogens (tertiary/aromatic N) is 3. The van der Waals surface area contributed by atoms with Crippen molar-refractivity contribution in [2.45, 2.75) is 25.4 Å². The van der Waals surface area contributed by atoms with Gasteiger partial charge >= 0.3 is 0 Å². The quantitative estimate of drug-likeness (QED) is 0.202. The fourth-order valence-electron chi connectivity index (χ4n) is 5.35. The van der Waals surface area contributed by atoms with Gasteiger partial charge in [0.25, 0.3) is 17.7 Å². The third kappa shape index (κ3) is 5.33. The Balaban J connectivity index is 1.13. The van der Waals surface area contributed by atoms with Crippen molar-refractivity contribution in [3.05, 3.63) is 93.1 Å². The molecule has 3 aromatic carbocycles. The lowest BCUT2D eigenvalue weighted by Gasteiger charge is -2.27. The highest BCUT2D eigenvalue weighted by atomic mass is 35.5. The standard InChI is InChI=1S/C30H24Cl2N6O5/c31-17-9-8-16(20(32)14-17)15-37-22-7-2-1-4-18(22)26(36-37)28(41)34-13-12-33-21-6-3-5-19-25(21)30(43)38(29(19)42)23-10-11-24(39)35-27(23)40/h1-9,14,23,33H,10-13,15H2,(H,34,41)(H,35,39,40). The molecule has 4 aromatic rings. The van der Waals surface area contributed by atoms with Crippen LogP contribution in [0.15, 0.2) is 60.7 Å². The first-order valence-corrected chi connectivity index (χ1v) is 14.2. The Morgan fingerprint density at radius 2 is 1.79 bits per heavy atom. The molecule has 6 rings (SSSR count). The summed E-state index contributed by atoms with van der Waals surface area (Å²) in [6.07, 6.45) is 0.110. The highest BCUT2D eigenvalue weighted by Gasteiger charge is 2.45. The molecule has 0 radical (unpaired) electrons. The van der Waals surface area contributed by atoms with E-state index >= 15 is 0 Å². The van der Waals surface area contributed by atoms with Gasteiger partial charge < -0.3 is 10.6 Å². The molecule has 43 heavy (non-hydrogen) atoms. The largest absolute Gasteiger partial charge is 0.383 e. The fraction of sp³-hybridized carbons (Fsp3) is 0.200. The molecule has 3 heterocycles. The van der Waals surface area contributed by atoms with E-state index in [0.29, 0.717) is 27.7 Å². The third-order valence-corrected chi connectivity index (χ3v) is 7.99. The lowest BCUT2D eigenvalue weighted by Crippen LogP contribution is -2.54. The van der Waals surface area contributed by atoms with Gasteiger partial charge in [-0.2, -0.15) is 5.10 Å². The summed E-state index contributed by atoms with van der Waals surface area (Å²) in [5.41, 5.74) is 2.53. The van der Waals surface area contributed by atoms with Crippen molar-refractivity contribution in [3.63, 3.8) is 0 Å². The van der Waals surface area contributed by atoms with Gasteiger partial charge in [-0.3, -0.25) is 38.9 Å². The summed E-state index contributed by atoms with van der Waals surface area (Å²) in [7, 11) is 0. The Labute approximate surface area is 255 Å². The van der Waals surface area contributed by atoms with Crippen LogP contribution in [-0.4, -0.2) is 63.3 Å². The average molecular weight is 619 g/mol. The van der Waals surface area contributed by atoms with Crippen LogP contribution in [0, 0.1) is 0 Å². The van der Waals surface area contributed by atoms with Crippen LogP contribution in [0.1, 0.15) is 49.6 Å². The zero-order valence-electron chi connectivity index (χ0n) is 22.5. The average Bonchev–Trinajstić information content (AvgIpc) is 3.47. The summed E-state index contributed by atoms with van der Waals surface area (Å²) in [5, 5.41) is 14.4. The van der Waals surface area contributed by atoms with Crippen molar-refractivity contribution in [2.24, 2.45) is 0 Å². The van der Waals surface area contributed by atoms with Gasteiger partial charge in [-0.15, -0.1) is 0 Å². The predicted octanol–water partition coefficient (Wildman–Crippen LogP) is 3.63. The molecule has 1 atom stereocenters. The molecule has 1 fully saturated rings. The number of carbonyl (C=O) groups excluding carboxylic acids is 5. The smallest absolute Gasteiger partial charge is 0.272 e. The van der Waals surface area contributed by atoms with Crippen LogP contribution in [0.5, 0.6) is 0 Å². The molecule has 2 aliphatic rings. The second-order valence-electron chi connectivity index (χ2n) is 10.1. The first-order valence-electron chi connectivity index (χ1n) is 13.5. The number of hydrogen-bond donors (Lipinski definition) is 3. The highest BCUT2D eigenvalue weighted by Crippen LogP contribution is 2.32. The molecule has 218 valence electrons. The van der Waals surface area contributed by atoms with E-state index in [2.05, 4.69) is 21.0 Å². The molecule has 1 saturated heterocycles. The number of nitrogens with one attached hydrogen (secondary N) is 3. The van der Waals surface area contributed by atoms with Gasteiger partial charge in [0, 0.05) is 40.6 Å². The molecular formula is C30H24Cl2N6O5. The van der Waals surface area contributed by atoms with Gasteiger partial charge in [-0.05, 0) is 42.3 Å². The van der Waals surface area contributed by atoms with Crippen molar-refractivity contribution in [1.82, 2.24) is 25.3 Å². The van der Waals surface area contributed by atoms with Gasteiger partial charge in [-0.25, -0.2) is 0 Å². The molecular weight excluding hydrogens is 595 g/mol. The monoisotopic (exact) mass is 618 g/mol. The number of amides is 5. The van der Waals surface area contributed by atoms with Crippen LogP contribution < -0.4 is 16.0 Å². The van der Waals surface area contributed by atoms with Crippen molar-refractivity contribution in [3.8, 4) is 0 Å². The van der Waals surface area contributed by atoms with E-state index in [1.807, 2.05) is 30.3 Å². The van der Waals surface area contributed by atoms with E-state index in [4.69, 9.17) is 23.2 Å². The summed E-state index contributed by atoms with van der Waals surface area (Å²) in [6, 6.07) is 16.3. The Morgan fingerprint density at radius 1 is 0.977 bits per heavy atom. The molecule has 11 nitrogen and oxygen atoms in total. The maximum absolute atomic E-state index is 13.3. The SMILES string of the molecule is O=C1CCC(N2C(=O)c3cccc(NCCNC(=O)c4nn(Cc5ccc(Cl)cc5Cl)c5ccccc45)c3C2=O)C(=O)N1. The number of imide groups is 2. The molecule has 0 spiro atoms. The molecule has 0 aliphatic carbocycles. The number of carbonyl (C=O) groups is 5. The van der Waals surface area contributed by atoms with E-state index in [9.17, 15) is 24.0 Å². The fourth-order valence-corrected chi connectivity index (χ4v) is 5.81. The van der Waals surface area contributed by atoms with E-state index in [1.165, 1.54) is 6.07 Å². The normalized spacial score (nSPS) is 16.4. The molecule has 0 bridgehead atoms. The summed E-state index contributed by atoms with van der Waals surface area (Å²) < 4.78 is 1.71. The lowest BCUT2D eigenvalue weighted by atomic mass is 10.0. The number of para-hydroxylation sites is 1. The van der Waals surface area contributed by atoms with Crippen LogP contribution in [-0.2, 0) is 16.1 Å². The molecule has 1 aromatic heterocycles. The molecule has 1 unspecified atom stereocenters. The number of halogens is 2. The van der Waals surface area contributed by atoms with Crippen LogP contribution >= 0.6 is 23.2 Å². The van der Waals surface area contributed by atoms with Gasteiger partial charge in [0.2, 0.25) is 11.8 Å². The molecule has 5 amide bonds. The summed E-state index contributed by atoms with van der Waals surface area (Å²) in [5.74, 6) is -2.69. The Kier molecular flexibility index (Phi) is 7.59. The van der Waals surface area contributed by atoms with E-state index in [1.54, 1.807) is 28.9 Å². The Bertz CT molecular complexity index is 1840. The van der Waals surface area contributed by atoms with Crippen LogP contribution in [0.2, 0.25) is 10.0 Å². The summed E-state index contributed by atoms with van der Waals surface area (Å²) in [4.78, 5) is 64.3. The minimum Gasteiger partial charge on any atom is -0.383 e. The van der Waals surface area contributed by atoms with Crippen LogP contribution in [0.3, 0.4) is 0 Å². The minimum absolute atomic E-state index is 0.0387. The molecule has 0 saturated carbocycles. The second-order valence-corrected chi connectivity index (χ2v) is 11.0. The summed E-state index contributed by atoms with van der Waals surface area (Å²) in [6.45, 7) is 0.764. The Morgan fingerprint density at radius 3 is 2.58 bits per heavy atom. The summed E-state index contributed by atoms with van der Waals surface area (Å²) >= 11 is 12.4. The van der Waals surface area contributed by atoms with E-state index in [-0.39, 0.29) is 48.7 Å². The first-order chi connectivity index (χ1) is 20.7. The number of fused-ring (bicyclic) bond motifs is 2. The number of hydrogen-bond acceptors (Lipinski definition) is 7. The highest BCUT2D eigenvalue weighted by molar-refractivity contribution is 6.35. The third-order valence-electron chi connectivity index (χ3n) is 7.40. The zero-order chi connectivity index (χ0) is 30.2. The van der Waals surface area contributed by atoms with Gasteiger partial charge in [0.05, 0.1) is 23.2 Å². The van der Waals surface area contributed by atoms with Gasteiger partial charge in [0.1, 0.15) is 6.04 Å². The van der Waals surface area contributed by atoms with Crippen molar-refractivity contribution >= 4 is 69.3 Å². The first kappa shape index (κ1) is 28.4. The maximum atomic E-state index is 13.3. The van der Waals surface area contributed by atoms with E-state index < -0.39 is 29.7 Å². The number of piperidine rings is 1. The molecule has 2 aliphatic heterocycles. The molecule has 3 N–H and O–H groups in total. The maximum Gasteiger partial charge on any atom is 0.272 e. The van der Waals surface area contributed by atoms with Crippen LogP contribution in [0.25, 0.3) is 10.9 Å². The van der Waals surface area contributed by atoms with Crippen LogP contribution in [0.4, 0.5) is 5.69 Å². The zero-order valence-corrected chi connectivity index (χ0v) is 24.0.